The van der Waals surface area contributed by atoms with Gasteiger partial charge in [0.1, 0.15) is 7.14 Å². The van der Waals surface area contributed by atoms with Crippen molar-refractivity contribution in [1.29, 1.82) is 0 Å². The van der Waals surface area contributed by atoms with Crippen molar-refractivity contribution in [2.24, 2.45) is 0 Å². The molecule has 0 radical (unpaired) electrons. The first-order valence-corrected chi connectivity index (χ1v) is 9.44. The van der Waals surface area contributed by atoms with E-state index < -0.39 is 30.3 Å². The van der Waals surface area contributed by atoms with Crippen LogP contribution in [0.1, 0.15) is 11.1 Å². The van der Waals surface area contributed by atoms with Gasteiger partial charge in [0.15, 0.2) is 17.2 Å². The molecule has 7 heteroatoms. The van der Waals surface area contributed by atoms with Crippen molar-refractivity contribution in [3.63, 3.8) is 0 Å². The summed E-state index contributed by atoms with van der Waals surface area (Å²) < 4.78 is 39.2. The minimum Gasteiger partial charge on any atom is -0.372 e. The zero-order chi connectivity index (χ0) is 17.0. The van der Waals surface area contributed by atoms with E-state index in [0.29, 0.717) is 5.30 Å². The third kappa shape index (κ3) is 2.30. The minimum absolute atomic E-state index is 0.0506. The highest BCUT2D eigenvalue weighted by atomic mass is 31.2. The molecule has 4 nitrogen and oxygen atoms in total. The van der Waals surface area contributed by atoms with Crippen LogP contribution >= 0.6 is 7.14 Å². The lowest BCUT2D eigenvalue weighted by atomic mass is 9.87. The molecule has 2 N–H and O–H groups in total. The second-order valence-corrected chi connectivity index (χ2v) is 9.06. The predicted octanol–water partition coefficient (Wildman–Crippen LogP) is 2.40. The van der Waals surface area contributed by atoms with Gasteiger partial charge in [-0.1, -0.05) is 30.3 Å². The quantitative estimate of drug-likeness (QED) is 0.827. The van der Waals surface area contributed by atoms with E-state index in [9.17, 15) is 23.2 Å². The van der Waals surface area contributed by atoms with Crippen LogP contribution in [0.5, 0.6) is 0 Å². The van der Waals surface area contributed by atoms with Crippen LogP contribution in [-0.4, -0.2) is 24.3 Å². The maximum Gasteiger partial charge on any atom is 0.265 e. The Labute approximate surface area is 131 Å². The number of amides is 1. The fourth-order valence-corrected chi connectivity index (χ4v) is 3.52. The summed E-state index contributed by atoms with van der Waals surface area (Å²) in [5, 5.41) is 13.6. The molecule has 1 amide bonds. The van der Waals surface area contributed by atoms with Gasteiger partial charge >= 0.3 is 0 Å². The molecule has 0 spiro atoms. The van der Waals surface area contributed by atoms with Crippen LogP contribution in [0.3, 0.4) is 0 Å². The SMILES string of the molecule is CP(C)(=O)c1ccc(C2(O)C(=O)Nc3c2ccc(F)c3F)cc1. The Hall–Kier alpha value is -2.04. The molecule has 1 heterocycles. The molecule has 3 rings (SSSR count). The number of nitrogens with one attached hydrogen (secondary N) is 1. The first-order chi connectivity index (χ1) is 10.7. The molecule has 0 saturated carbocycles. The molecule has 1 atom stereocenters. The van der Waals surface area contributed by atoms with Crippen molar-refractivity contribution in [2.75, 3.05) is 18.6 Å². The van der Waals surface area contributed by atoms with Gasteiger partial charge in [0.25, 0.3) is 5.91 Å². The molecule has 0 fully saturated rings. The van der Waals surface area contributed by atoms with Crippen LogP contribution < -0.4 is 10.6 Å². The van der Waals surface area contributed by atoms with Crippen molar-refractivity contribution in [2.45, 2.75) is 5.60 Å². The monoisotopic (exact) mass is 337 g/mol. The lowest BCUT2D eigenvalue weighted by Gasteiger charge is -2.22. The van der Waals surface area contributed by atoms with E-state index in [2.05, 4.69) is 5.32 Å². The van der Waals surface area contributed by atoms with Crippen LogP contribution in [0, 0.1) is 11.6 Å². The summed E-state index contributed by atoms with van der Waals surface area (Å²) in [7, 11) is -2.48. The van der Waals surface area contributed by atoms with Crippen LogP contribution in [0.4, 0.5) is 14.5 Å². The molecule has 1 unspecified atom stereocenters. The average molecular weight is 337 g/mol. The fourth-order valence-electron chi connectivity index (χ4n) is 2.65. The molecule has 0 aromatic heterocycles. The van der Waals surface area contributed by atoms with Gasteiger partial charge in [-0.05, 0) is 25.0 Å². The van der Waals surface area contributed by atoms with Crippen molar-refractivity contribution in [3.8, 4) is 0 Å². The number of hydrogen-bond acceptors (Lipinski definition) is 3. The van der Waals surface area contributed by atoms with E-state index in [1.165, 1.54) is 18.2 Å². The van der Waals surface area contributed by atoms with E-state index in [1.807, 2.05) is 0 Å². The highest BCUT2D eigenvalue weighted by molar-refractivity contribution is 7.70. The second-order valence-electron chi connectivity index (χ2n) is 5.85. The zero-order valence-corrected chi connectivity index (χ0v) is 13.3. The Bertz CT molecular complexity index is 860. The van der Waals surface area contributed by atoms with Crippen molar-refractivity contribution >= 4 is 24.0 Å². The number of rotatable bonds is 2. The second kappa shape index (κ2) is 4.98. The van der Waals surface area contributed by atoms with E-state index in [0.717, 1.165) is 6.07 Å². The van der Waals surface area contributed by atoms with E-state index in [-0.39, 0.29) is 16.8 Å². The molecule has 23 heavy (non-hydrogen) atoms. The van der Waals surface area contributed by atoms with Gasteiger partial charge in [0, 0.05) is 10.9 Å². The lowest BCUT2D eigenvalue weighted by Crippen LogP contribution is -2.35. The van der Waals surface area contributed by atoms with Crippen LogP contribution in [0.15, 0.2) is 36.4 Å². The third-order valence-corrected chi connectivity index (χ3v) is 5.50. The van der Waals surface area contributed by atoms with Gasteiger partial charge in [-0.3, -0.25) is 4.79 Å². The number of aliphatic hydroxyl groups is 1. The van der Waals surface area contributed by atoms with Gasteiger partial charge < -0.3 is 15.0 Å². The Morgan fingerprint density at radius 3 is 2.26 bits per heavy atom. The number of benzene rings is 2. The zero-order valence-electron chi connectivity index (χ0n) is 12.4. The van der Waals surface area contributed by atoms with Crippen molar-refractivity contribution in [3.05, 3.63) is 59.2 Å². The summed E-state index contributed by atoms with van der Waals surface area (Å²) in [5.74, 6) is -3.18. The largest absolute Gasteiger partial charge is 0.372 e. The van der Waals surface area contributed by atoms with Crippen molar-refractivity contribution < 1.29 is 23.2 Å². The third-order valence-electron chi connectivity index (χ3n) is 3.96. The van der Waals surface area contributed by atoms with Gasteiger partial charge in [-0.2, -0.15) is 0 Å². The summed E-state index contributed by atoms with van der Waals surface area (Å²) >= 11 is 0. The maximum atomic E-state index is 13.8. The number of anilines is 1. The van der Waals surface area contributed by atoms with Gasteiger partial charge in [0.2, 0.25) is 0 Å². The Morgan fingerprint density at radius 1 is 1.09 bits per heavy atom. The Balaban J connectivity index is 2.15. The van der Waals surface area contributed by atoms with Gasteiger partial charge in [-0.15, -0.1) is 0 Å². The molecule has 1 aliphatic rings. The van der Waals surface area contributed by atoms with Crippen LogP contribution in [0.25, 0.3) is 0 Å². The Morgan fingerprint density at radius 2 is 1.70 bits per heavy atom. The minimum atomic E-state index is -2.48. The molecular formula is C16H14F2NO3P. The molecule has 1 aliphatic heterocycles. The first-order valence-electron chi connectivity index (χ1n) is 6.84. The number of halogens is 2. The number of carbonyl (C=O) groups excluding carboxylic acids is 1. The normalized spacial score (nSPS) is 20.3. The molecule has 120 valence electrons. The van der Waals surface area contributed by atoms with Gasteiger partial charge in [-0.25, -0.2) is 8.78 Å². The summed E-state index contributed by atoms with van der Waals surface area (Å²) in [5.41, 5.74) is -2.34. The van der Waals surface area contributed by atoms with Gasteiger partial charge in [0.05, 0.1) is 5.69 Å². The predicted molar refractivity (Wildman–Crippen MR) is 83.5 cm³/mol. The fraction of sp³-hybridized carbons (Fsp3) is 0.188. The molecule has 2 aromatic carbocycles. The molecule has 0 aliphatic carbocycles. The molecule has 0 bridgehead atoms. The molecular weight excluding hydrogens is 323 g/mol. The number of fused-ring (bicyclic) bond motifs is 1. The summed E-state index contributed by atoms with van der Waals surface area (Å²) in [6, 6.07) is 8.07. The lowest BCUT2D eigenvalue weighted by molar-refractivity contribution is -0.129. The first kappa shape index (κ1) is 15.8. The highest BCUT2D eigenvalue weighted by Crippen LogP contribution is 2.43. The standard InChI is InChI=1S/C16H14F2NO3P/c1-23(2,22)10-5-3-9(4-6-10)16(21)11-7-8-12(17)13(18)14(11)19-15(16)20/h3-8,21H,1-2H3,(H,19,20). The summed E-state index contributed by atoms with van der Waals surface area (Å²) in [6.45, 7) is 3.21. The van der Waals surface area contributed by atoms with Crippen LogP contribution in [0.2, 0.25) is 0 Å². The van der Waals surface area contributed by atoms with E-state index in [4.69, 9.17) is 0 Å². The van der Waals surface area contributed by atoms with E-state index >= 15 is 0 Å². The summed E-state index contributed by atoms with van der Waals surface area (Å²) in [4.78, 5) is 12.2. The maximum absolute atomic E-state index is 13.8. The number of carbonyl (C=O) groups is 1. The van der Waals surface area contributed by atoms with Crippen LogP contribution in [-0.2, 0) is 15.0 Å². The molecule has 2 aromatic rings. The van der Waals surface area contributed by atoms with Crippen molar-refractivity contribution in [1.82, 2.24) is 0 Å². The topological polar surface area (TPSA) is 66.4 Å². The highest BCUT2D eigenvalue weighted by Gasteiger charge is 2.48. The van der Waals surface area contributed by atoms with E-state index in [1.54, 1.807) is 25.5 Å². The Kier molecular flexibility index (Phi) is 3.43. The number of hydrogen-bond donors (Lipinski definition) is 2. The summed E-state index contributed by atoms with van der Waals surface area (Å²) in [6.07, 6.45) is 0. The molecule has 0 saturated heterocycles. The average Bonchev–Trinajstić information content (AvgIpc) is 2.76. The smallest absolute Gasteiger partial charge is 0.265 e.